The summed E-state index contributed by atoms with van der Waals surface area (Å²) in [5.74, 6) is -1.62. The maximum atomic E-state index is 11.8. The second-order valence-electron chi connectivity index (χ2n) is 5.38. The highest BCUT2D eigenvalue weighted by Gasteiger charge is 2.30. The molecule has 0 saturated heterocycles. The average Bonchev–Trinajstić information content (AvgIpc) is 2.49. The molecule has 1 aromatic rings. The van der Waals surface area contributed by atoms with Crippen LogP contribution in [-0.4, -0.2) is 40.3 Å². The number of aliphatic hydroxyl groups is 1. The zero-order valence-electron chi connectivity index (χ0n) is 13.4. The number of amides is 3. The predicted molar refractivity (Wildman–Crippen MR) is 90.3 cm³/mol. The van der Waals surface area contributed by atoms with Gasteiger partial charge in [-0.15, -0.1) is 0 Å². The van der Waals surface area contributed by atoms with E-state index in [4.69, 9.17) is 16.7 Å². The summed E-state index contributed by atoms with van der Waals surface area (Å²) in [6, 6.07) is 3.83. The van der Waals surface area contributed by atoms with E-state index in [2.05, 4.69) is 16.0 Å². The Hall–Kier alpha value is -2.32. The van der Waals surface area contributed by atoms with Crippen LogP contribution in [0.5, 0.6) is 0 Å². The quantitative estimate of drug-likeness (QED) is 0.510. The van der Waals surface area contributed by atoms with Crippen LogP contribution in [-0.2, 0) is 9.59 Å². The fraction of sp³-hybridized carbons (Fsp3) is 0.400. The van der Waals surface area contributed by atoms with Gasteiger partial charge in [-0.25, -0.2) is 9.59 Å². The van der Waals surface area contributed by atoms with E-state index in [1.54, 1.807) is 6.07 Å². The van der Waals surface area contributed by atoms with Crippen molar-refractivity contribution in [1.82, 2.24) is 5.32 Å². The van der Waals surface area contributed by atoms with Crippen molar-refractivity contribution in [3.8, 4) is 0 Å². The summed E-state index contributed by atoms with van der Waals surface area (Å²) in [7, 11) is 0. The molecule has 8 nitrogen and oxygen atoms in total. The van der Waals surface area contributed by atoms with Crippen LogP contribution in [0.15, 0.2) is 18.2 Å². The van der Waals surface area contributed by atoms with Crippen molar-refractivity contribution in [2.24, 2.45) is 0 Å². The first-order valence-corrected chi connectivity index (χ1v) is 7.63. The van der Waals surface area contributed by atoms with Crippen LogP contribution in [0.3, 0.4) is 0 Å². The number of anilines is 2. The van der Waals surface area contributed by atoms with Gasteiger partial charge in [0.05, 0.1) is 17.3 Å². The monoisotopic (exact) mass is 357 g/mol. The highest BCUT2D eigenvalue weighted by molar-refractivity contribution is 6.33. The summed E-state index contributed by atoms with van der Waals surface area (Å²) in [4.78, 5) is 34.1. The smallest absolute Gasteiger partial charge is 0.337 e. The van der Waals surface area contributed by atoms with Gasteiger partial charge in [0.1, 0.15) is 0 Å². The fourth-order valence-electron chi connectivity index (χ4n) is 1.64. The molecule has 1 rings (SSSR count). The summed E-state index contributed by atoms with van der Waals surface area (Å²) in [6.07, 6.45) is 1.08. The summed E-state index contributed by atoms with van der Waals surface area (Å²) in [6.45, 7) is 2.45. The zero-order chi connectivity index (χ0) is 18.3. The summed E-state index contributed by atoms with van der Waals surface area (Å²) in [5.41, 5.74) is -1.39. The Balaban J connectivity index is 2.71. The number of aliphatic carboxylic acids is 1. The molecule has 1 unspecified atom stereocenters. The van der Waals surface area contributed by atoms with Crippen molar-refractivity contribution in [2.75, 3.05) is 17.2 Å². The minimum absolute atomic E-state index is 0.160. The molecule has 3 amide bonds. The molecule has 0 aliphatic heterocycles. The van der Waals surface area contributed by atoms with Gasteiger partial charge in [-0.05, 0) is 31.5 Å². The van der Waals surface area contributed by atoms with E-state index in [9.17, 15) is 19.5 Å². The number of hydrogen-bond donors (Lipinski definition) is 5. The predicted octanol–water partition coefficient (Wildman–Crippen LogP) is 2.04. The van der Waals surface area contributed by atoms with Crippen molar-refractivity contribution in [2.45, 2.75) is 32.3 Å². The summed E-state index contributed by atoms with van der Waals surface area (Å²) < 4.78 is 0. The van der Waals surface area contributed by atoms with Crippen LogP contribution in [0.25, 0.3) is 0 Å². The molecule has 0 saturated carbocycles. The third kappa shape index (κ3) is 6.05. The van der Waals surface area contributed by atoms with Crippen LogP contribution in [0, 0.1) is 0 Å². The Labute approximate surface area is 144 Å². The van der Waals surface area contributed by atoms with Crippen molar-refractivity contribution < 1.29 is 24.6 Å². The van der Waals surface area contributed by atoms with Crippen molar-refractivity contribution >= 4 is 40.9 Å². The Morgan fingerprint density at radius 1 is 1.25 bits per heavy atom. The van der Waals surface area contributed by atoms with Crippen molar-refractivity contribution in [3.05, 3.63) is 23.2 Å². The number of urea groups is 1. The van der Waals surface area contributed by atoms with Gasteiger partial charge in [0.25, 0.3) is 0 Å². The van der Waals surface area contributed by atoms with Crippen molar-refractivity contribution in [1.29, 1.82) is 0 Å². The number of rotatable bonds is 7. The van der Waals surface area contributed by atoms with Gasteiger partial charge in [0.15, 0.2) is 5.60 Å². The third-order valence-electron chi connectivity index (χ3n) is 3.03. The molecule has 0 bridgehead atoms. The molecule has 0 aromatic heterocycles. The van der Waals surface area contributed by atoms with Gasteiger partial charge in [-0.2, -0.15) is 0 Å². The number of carboxylic acid groups (broad SMARTS) is 1. The Morgan fingerprint density at radius 2 is 1.92 bits per heavy atom. The minimum atomic E-state index is -2.09. The van der Waals surface area contributed by atoms with Crippen LogP contribution < -0.4 is 16.0 Å². The summed E-state index contributed by atoms with van der Waals surface area (Å²) in [5, 5.41) is 25.9. The largest absolute Gasteiger partial charge is 0.479 e. The number of halogens is 1. The lowest BCUT2D eigenvalue weighted by Crippen LogP contribution is -2.47. The molecular formula is C15H20ClN3O5. The standard InChI is InChI=1S/C15H20ClN3O5/c1-3-4-12(20)18-9-5-6-10(16)11(7-9)19-14(23)17-8-15(2,24)13(21)22/h5-7,24H,3-4,8H2,1-2H3,(H,18,20)(H,21,22)(H2,17,19,23). The molecule has 132 valence electrons. The van der Waals surface area contributed by atoms with E-state index in [1.807, 2.05) is 6.92 Å². The number of carbonyl (C=O) groups is 3. The van der Waals surface area contributed by atoms with Gasteiger partial charge < -0.3 is 26.2 Å². The molecule has 0 fully saturated rings. The first kappa shape index (κ1) is 19.7. The number of hydrogen-bond acceptors (Lipinski definition) is 4. The molecule has 1 atom stereocenters. The Bertz CT molecular complexity index is 634. The number of nitrogens with one attached hydrogen (secondary N) is 3. The number of carboxylic acids is 1. The van der Waals surface area contributed by atoms with Crippen LogP contribution in [0.4, 0.5) is 16.2 Å². The fourth-order valence-corrected chi connectivity index (χ4v) is 1.81. The highest BCUT2D eigenvalue weighted by atomic mass is 35.5. The zero-order valence-corrected chi connectivity index (χ0v) is 14.1. The van der Waals surface area contributed by atoms with Crippen LogP contribution >= 0.6 is 11.6 Å². The molecule has 5 N–H and O–H groups in total. The SMILES string of the molecule is CCCC(=O)Nc1ccc(Cl)c(NC(=O)NCC(C)(O)C(=O)O)c1. The summed E-state index contributed by atoms with van der Waals surface area (Å²) >= 11 is 5.98. The lowest BCUT2D eigenvalue weighted by molar-refractivity contribution is -0.155. The van der Waals surface area contributed by atoms with E-state index in [0.717, 1.165) is 6.92 Å². The lowest BCUT2D eigenvalue weighted by Gasteiger charge is -2.18. The van der Waals surface area contributed by atoms with Gasteiger partial charge in [0.2, 0.25) is 5.91 Å². The van der Waals surface area contributed by atoms with E-state index in [-0.39, 0.29) is 16.6 Å². The van der Waals surface area contributed by atoms with Crippen LogP contribution in [0.2, 0.25) is 5.02 Å². The van der Waals surface area contributed by atoms with Gasteiger partial charge in [-0.1, -0.05) is 18.5 Å². The Morgan fingerprint density at radius 3 is 2.50 bits per heavy atom. The maximum Gasteiger partial charge on any atom is 0.337 e. The van der Waals surface area contributed by atoms with E-state index in [0.29, 0.717) is 18.5 Å². The normalized spacial score (nSPS) is 12.8. The lowest BCUT2D eigenvalue weighted by atomic mass is 10.1. The van der Waals surface area contributed by atoms with Crippen molar-refractivity contribution in [3.63, 3.8) is 0 Å². The Kier molecular flexibility index (Phi) is 6.99. The average molecular weight is 358 g/mol. The van der Waals surface area contributed by atoms with E-state index in [1.165, 1.54) is 12.1 Å². The second kappa shape index (κ2) is 8.51. The number of carbonyl (C=O) groups excluding carboxylic acids is 2. The minimum Gasteiger partial charge on any atom is -0.479 e. The molecular weight excluding hydrogens is 338 g/mol. The van der Waals surface area contributed by atoms with Gasteiger partial charge in [0, 0.05) is 12.1 Å². The molecule has 9 heteroatoms. The maximum absolute atomic E-state index is 11.8. The molecule has 24 heavy (non-hydrogen) atoms. The first-order chi connectivity index (χ1) is 11.2. The van der Waals surface area contributed by atoms with Gasteiger partial charge >= 0.3 is 12.0 Å². The van der Waals surface area contributed by atoms with E-state index >= 15 is 0 Å². The molecule has 0 aliphatic carbocycles. The molecule has 1 aromatic carbocycles. The highest BCUT2D eigenvalue weighted by Crippen LogP contribution is 2.25. The van der Waals surface area contributed by atoms with Gasteiger partial charge in [-0.3, -0.25) is 4.79 Å². The first-order valence-electron chi connectivity index (χ1n) is 7.25. The molecule has 0 heterocycles. The molecule has 0 radical (unpaired) electrons. The van der Waals surface area contributed by atoms with E-state index < -0.39 is 24.1 Å². The third-order valence-corrected chi connectivity index (χ3v) is 3.36. The number of benzene rings is 1. The second-order valence-corrected chi connectivity index (χ2v) is 5.79. The molecule has 0 aliphatic rings. The topological polar surface area (TPSA) is 128 Å². The molecule has 0 spiro atoms. The van der Waals surface area contributed by atoms with Crippen LogP contribution in [0.1, 0.15) is 26.7 Å².